The van der Waals surface area contributed by atoms with E-state index in [2.05, 4.69) is 4.98 Å². The standard InChI is InChI=1S/C13H12FNO2/c1-16-12-6-2-4-10(13(12)14)9-17-11-5-3-7-15-8-11/h2-8H,9H2,1H3. The van der Waals surface area contributed by atoms with Gasteiger partial charge < -0.3 is 9.47 Å². The summed E-state index contributed by atoms with van der Waals surface area (Å²) in [5.41, 5.74) is 0.452. The van der Waals surface area contributed by atoms with Crippen LogP contribution in [0.2, 0.25) is 0 Å². The highest BCUT2D eigenvalue weighted by Crippen LogP contribution is 2.21. The molecule has 0 saturated carbocycles. The van der Waals surface area contributed by atoms with Gasteiger partial charge in [0.05, 0.1) is 13.3 Å². The van der Waals surface area contributed by atoms with Gasteiger partial charge in [0.15, 0.2) is 11.6 Å². The van der Waals surface area contributed by atoms with E-state index < -0.39 is 0 Å². The Hall–Kier alpha value is -2.10. The molecular formula is C13H12FNO2. The van der Waals surface area contributed by atoms with Crippen molar-refractivity contribution in [3.63, 3.8) is 0 Å². The predicted octanol–water partition coefficient (Wildman–Crippen LogP) is 2.81. The summed E-state index contributed by atoms with van der Waals surface area (Å²) in [5.74, 6) is 0.436. The molecule has 0 unspecified atom stereocenters. The van der Waals surface area contributed by atoms with Gasteiger partial charge in [0.25, 0.3) is 0 Å². The van der Waals surface area contributed by atoms with Gasteiger partial charge in [0.2, 0.25) is 0 Å². The molecule has 4 heteroatoms. The minimum absolute atomic E-state index is 0.148. The highest BCUT2D eigenvalue weighted by Gasteiger charge is 2.08. The van der Waals surface area contributed by atoms with Gasteiger partial charge in [0.1, 0.15) is 12.4 Å². The molecular weight excluding hydrogens is 221 g/mol. The number of rotatable bonds is 4. The second-order valence-corrected chi connectivity index (χ2v) is 3.41. The highest BCUT2D eigenvalue weighted by atomic mass is 19.1. The SMILES string of the molecule is COc1cccc(COc2cccnc2)c1F. The van der Waals surface area contributed by atoms with Crippen molar-refractivity contribution < 1.29 is 13.9 Å². The Kier molecular flexibility index (Phi) is 3.55. The van der Waals surface area contributed by atoms with Crippen molar-refractivity contribution in [1.29, 1.82) is 0 Å². The fourth-order valence-corrected chi connectivity index (χ4v) is 1.42. The predicted molar refractivity (Wildman–Crippen MR) is 61.5 cm³/mol. The molecule has 0 radical (unpaired) electrons. The Labute approximate surface area is 98.8 Å². The lowest BCUT2D eigenvalue weighted by Crippen LogP contribution is -2.00. The molecule has 0 aliphatic carbocycles. The molecule has 88 valence electrons. The molecule has 0 aliphatic rings. The Morgan fingerprint density at radius 2 is 2.12 bits per heavy atom. The van der Waals surface area contributed by atoms with E-state index in [1.54, 1.807) is 42.7 Å². The van der Waals surface area contributed by atoms with Crippen molar-refractivity contribution in [3.05, 3.63) is 54.1 Å². The van der Waals surface area contributed by atoms with E-state index in [9.17, 15) is 4.39 Å². The normalized spacial score (nSPS) is 10.0. The molecule has 0 saturated heterocycles. The maximum Gasteiger partial charge on any atom is 0.171 e. The molecule has 1 aromatic heterocycles. The molecule has 1 heterocycles. The van der Waals surface area contributed by atoms with Crippen LogP contribution in [0.25, 0.3) is 0 Å². The zero-order valence-corrected chi connectivity index (χ0v) is 9.39. The van der Waals surface area contributed by atoms with Crippen molar-refractivity contribution >= 4 is 0 Å². The first-order chi connectivity index (χ1) is 8.31. The van der Waals surface area contributed by atoms with Gasteiger partial charge in [-0.25, -0.2) is 4.39 Å². The third-order valence-electron chi connectivity index (χ3n) is 2.29. The number of methoxy groups -OCH3 is 1. The smallest absolute Gasteiger partial charge is 0.171 e. The lowest BCUT2D eigenvalue weighted by atomic mass is 10.2. The van der Waals surface area contributed by atoms with Crippen molar-refractivity contribution in [2.45, 2.75) is 6.61 Å². The summed E-state index contributed by atoms with van der Waals surface area (Å²) in [5, 5.41) is 0. The first-order valence-electron chi connectivity index (χ1n) is 5.15. The lowest BCUT2D eigenvalue weighted by molar-refractivity contribution is 0.294. The van der Waals surface area contributed by atoms with Gasteiger partial charge in [-0.2, -0.15) is 0 Å². The summed E-state index contributed by atoms with van der Waals surface area (Å²) in [7, 11) is 1.43. The van der Waals surface area contributed by atoms with Crippen molar-refractivity contribution in [3.8, 4) is 11.5 Å². The van der Waals surface area contributed by atoms with Gasteiger partial charge in [-0.1, -0.05) is 12.1 Å². The first kappa shape index (κ1) is 11.4. The van der Waals surface area contributed by atoms with Crippen molar-refractivity contribution in [2.24, 2.45) is 0 Å². The van der Waals surface area contributed by atoms with Crippen molar-refractivity contribution in [2.75, 3.05) is 7.11 Å². The Morgan fingerprint density at radius 1 is 1.24 bits per heavy atom. The Bertz CT molecular complexity index is 488. The molecule has 3 nitrogen and oxygen atoms in total. The number of halogens is 1. The first-order valence-corrected chi connectivity index (χ1v) is 5.15. The number of ether oxygens (including phenoxy) is 2. The summed E-state index contributed by atoms with van der Waals surface area (Å²) >= 11 is 0. The lowest BCUT2D eigenvalue weighted by Gasteiger charge is -2.08. The molecule has 0 amide bonds. The van der Waals surface area contributed by atoms with Crippen LogP contribution in [-0.4, -0.2) is 12.1 Å². The summed E-state index contributed by atoms with van der Waals surface area (Å²) in [6, 6.07) is 8.49. The fraction of sp³-hybridized carbons (Fsp3) is 0.154. The van der Waals surface area contributed by atoms with Crippen LogP contribution >= 0.6 is 0 Å². The zero-order valence-electron chi connectivity index (χ0n) is 9.39. The minimum Gasteiger partial charge on any atom is -0.494 e. The van der Waals surface area contributed by atoms with Crippen LogP contribution in [0, 0.1) is 5.82 Å². The highest BCUT2D eigenvalue weighted by molar-refractivity contribution is 5.31. The summed E-state index contributed by atoms with van der Waals surface area (Å²) in [6.07, 6.45) is 3.23. The average Bonchev–Trinajstić information content (AvgIpc) is 2.39. The number of aromatic nitrogens is 1. The number of hydrogen-bond donors (Lipinski definition) is 0. The van der Waals surface area contributed by atoms with E-state index in [1.165, 1.54) is 7.11 Å². The van der Waals surface area contributed by atoms with Crippen molar-refractivity contribution in [1.82, 2.24) is 4.98 Å². The number of benzene rings is 1. The van der Waals surface area contributed by atoms with Crippen LogP contribution < -0.4 is 9.47 Å². The third-order valence-corrected chi connectivity index (χ3v) is 2.29. The van der Waals surface area contributed by atoms with E-state index in [1.807, 2.05) is 0 Å². The van der Waals surface area contributed by atoms with Crippen LogP contribution in [0.3, 0.4) is 0 Å². The molecule has 2 rings (SSSR count). The van der Waals surface area contributed by atoms with Gasteiger partial charge in [-0.05, 0) is 18.2 Å². The van der Waals surface area contributed by atoms with Crippen LogP contribution in [0.15, 0.2) is 42.7 Å². The molecule has 17 heavy (non-hydrogen) atoms. The number of pyridine rings is 1. The third kappa shape index (κ3) is 2.72. The topological polar surface area (TPSA) is 31.4 Å². The number of nitrogens with zero attached hydrogens (tertiary/aromatic N) is 1. The second kappa shape index (κ2) is 5.30. The summed E-state index contributed by atoms with van der Waals surface area (Å²) in [6.45, 7) is 0.148. The van der Waals surface area contributed by atoms with E-state index in [-0.39, 0.29) is 18.2 Å². The van der Waals surface area contributed by atoms with E-state index in [4.69, 9.17) is 9.47 Å². The summed E-state index contributed by atoms with van der Waals surface area (Å²) < 4.78 is 24.1. The van der Waals surface area contributed by atoms with E-state index in [0.717, 1.165) is 0 Å². The molecule has 2 aromatic rings. The largest absolute Gasteiger partial charge is 0.494 e. The average molecular weight is 233 g/mol. The molecule has 0 atom stereocenters. The molecule has 0 spiro atoms. The van der Waals surface area contributed by atoms with Gasteiger partial charge in [-0.15, -0.1) is 0 Å². The maximum absolute atomic E-state index is 13.8. The van der Waals surface area contributed by atoms with Gasteiger partial charge in [-0.3, -0.25) is 4.98 Å². The molecule has 0 fully saturated rings. The van der Waals surface area contributed by atoms with Gasteiger partial charge in [0, 0.05) is 11.8 Å². The van der Waals surface area contributed by atoms with E-state index >= 15 is 0 Å². The quantitative estimate of drug-likeness (QED) is 0.813. The van der Waals surface area contributed by atoms with Gasteiger partial charge >= 0.3 is 0 Å². The second-order valence-electron chi connectivity index (χ2n) is 3.41. The zero-order chi connectivity index (χ0) is 12.1. The monoisotopic (exact) mass is 233 g/mol. The summed E-state index contributed by atoms with van der Waals surface area (Å²) in [4.78, 5) is 3.91. The fourth-order valence-electron chi connectivity index (χ4n) is 1.42. The molecule has 1 aromatic carbocycles. The van der Waals surface area contributed by atoms with Crippen LogP contribution in [0.5, 0.6) is 11.5 Å². The van der Waals surface area contributed by atoms with Crippen LogP contribution in [0.4, 0.5) is 4.39 Å². The minimum atomic E-state index is -0.390. The van der Waals surface area contributed by atoms with Crippen LogP contribution in [-0.2, 0) is 6.61 Å². The Morgan fingerprint density at radius 3 is 2.82 bits per heavy atom. The Balaban J connectivity index is 2.09. The van der Waals surface area contributed by atoms with Crippen LogP contribution in [0.1, 0.15) is 5.56 Å². The number of hydrogen-bond acceptors (Lipinski definition) is 3. The van der Waals surface area contributed by atoms with E-state index in [0.29, 0.717) is 11.3 Å². The molecule has 0 aliphatic heterocycles. The molecule has 0 bridgehead atoms. The maximum atomic E-state index is 13.8. The molecule has 0 N–H and O–H groups in total.